The van der Waals surface area contributed by atoms with E-state index in [0.29, 0.717) is 0 Å². The second-order valence-electron chi connectivity index (χ2n) is 4.11. The van der Waals surface area contributed by atoms with E-state index in [4.69, 9.17) is 0 Å². The van der Waals surface area contributed by atoms with Gasteiger partial charge in [-0.25, -0.2) is 0 Å². The molecular weight excluding hydrogens is 196 g/mol. The molecule has 1 aromatic carbocycles. The average Bonchev–Trinajstić information content (AvgIpc) is 2.77. The molecule has 2 rings (SSSR count). The van der Waals surface area contributed by atoms with Gasteiger partial charge in [-0.05, 0) is 37.6 Å². The van der Waals surface area contributed by atoms with Crippen molar-refractivity contribution in [1.82, 2.24) is 10.3 Å². The molecule has 0 radical (unpaired) electrons. The minimum Gasteiger partial charge on any atom is -0.364 e. The first-order valence-corrected chi connectivity index (χ1v) is 5.73. The second kappa shape index (κ2) is 5.52. The summed E-state index contributed by atoms with van der Waals surface area (Å²) >= 11 is 0. The molecule has 0 unspecified atom stereocenters. The molecule has 2 heteroatoms. The molecule has 0 atom stereocenters. The molecule has 0 amide bonds. The van der Waals surface area contributed by atoms with Gasteiger partial charge in [0.1, 0.15) is 0 Å². The highest BCUT2D eigenvalue weighted by atomic mass is 14.9. The van der Waals surface area contributed by atoms with Crippen molar-refractivity contribution in [1.29, 1.82) is 0 Å². The SMILES string of the molecule is Cc1cccc(CCNCc2ccc[nH]2)c1. The van der Waals surface area contributed by atoms with Crippen molar-refractivity contribution in [3.05, 3.63) is 59.4 Å². The second-order valence-corrected chi connectivity index (χ2v) is 4.11. The fourth-order valence-corrected chi connectivity index (χ4v) is 1.80. The van der Waals surface area contributed by atoms with Crippen molar-refractivity contribution in [2.75, 3.05) is 6.54 Å². The zero-order valence-corrected chi connectivity index (χ0v) is 9.66. The molecule has 0 aliphatic heterocycles. The summed E-state index contributed by atoms with van der Waals surface area (Å²) in [5, 5.41) is 3.42. The van der Waals surface area contributed by atoms with Gasteiger partial charge in [0.05, 0.1) is 0 Å². The van der Waals surface area contributed by atoms with Crippen LogP contribution in [0.25, 0.3) is 0 Å². The van der Waals surface area contributed by atoms with Gasteiger partial charge in [-0.15, -0.1) is 0 Å². The Kier molecular flexibility index (Phi) is 3.78. The number of aromatic nitrogens is 1. The molecule has 16 heavy (non-hydrogen) atoms. The molecule has 2 aromatic rings. The maximum absolute atomic E-state index is 3.42. The normalized spacial score (nSPS) is 10.6. The molecule has 84 valence electrons. The van der Waals surface area contributed by atoms with Gasteiger partial charge in [-0.1, -0.05) is 29.8 Å². The van der Waals surface area contributed by atoms with Crippen LogP contribution < -0.4 is 5.32 Å². The Morgan fingerprint density at radius 2 is 2.12 bits per heavy atom. The Balaban J connectivity index is 1.72. The van der Waals surface area contributed by atoms with Crippen molar-refractivity contribution in [2.45, 2.75) is 19.9 Å². The summed E-state index contributed by atoms with van der Waals surface area (Å²) < 4.78 is 0. The number of benzene rings is 1. The van der Waals surface area contributed by atoms with Gasteiger partial charge in [0.15, 0.2) is 0 Å². The van der Waals surface area contributed by atoms with Crippen LogP contribution in [0.15, 0.2) is 42.6 Å². The summed E-state index contributed by atoms with van der Waals surface area (Å²) in [6.07, 6.45) is 3.04. The molecule has 0 saturated heterocycles. The quantitative estimate of drug-likeness (QED) is 0.736. The van der Waals surface area contributed by atoms with Gasteiger partial charge < -0.3 is 10.3 Å². The summed E-state index contributed by atoms with van der Waals surface area (Å²) in [6.45, 7) is 4.07. The van der Waals surface area contributed by atoms with E-state index < -0.39 is 0 Å². The van der Waals surface area contributed by atoms with Crippen LogP contribution in [0, 0.1) is 6.92 Å². The van der Waals surface area contributed by atoms with Crippen LogP contribution in [-0.4, -0.2) is 11.5 Å². The predicted molar refractivity (Wildman–Crippen MR) is 67.4 cm³/mol. The van der Waals surface area contributed by atoms with Crippen molar-refractivity contribution in [3.8, 4) is 0 Å². The highest BCUT2D eigenvalue weighted by Crippen LogP contribution is 2.04. The van der Waals surface area contributed by atoms with E-state index in [1.165, 1.54) is 16.8 Å². The lowest BCUT2D eigenvalue weighted by atomic mass is 10.1. The number of H-pyrrole nitrogens is 1. The maximum atomic E-state index is 3.42. The van der Waals surface area contributed by atoms with E-state index in [2.05, 4.69) is 47.6 Å². The lowest BCUT2D eigenvalue weighted by Crippen LogP contribution is -2.16. The summed E-state index contributed by atoms with van der Waals surface area (Å²) in [4.78, 5) is 3.18. The van der Waals surface area contributed by atoms with Crippen LogP contribution in [0.3, 0.4) is 0 Å². The predicted octanol–water partition coefficient (Wildman–Crippen LogP) is 2.66. The molecule has 0 aliphatic carbocycles. The zero-order valence-electron chi connectivity index (χ0n) is 9.66. The zero-order chi connectivity index (χ0) is 11.2. The van der Waals surface area contributed by atoms with Crippen molar-refractivity contribution < 1.29 is 0 Å². The highest BCUT2D eigenvalue weighted by Gasteiger charge is 1.94. The molecule has 0 saturated carbocycles. The van der Waals surface area contributed by atoms with Gasteiger partial charge >= 0.3 is 0 Å². The first-order valence-electron chi connectivity index (χ1n) is 5.73. The average molecular weight is 214 g/mol. The van der Waals surface area contributed by atoms with Crippen LogP contribution in [0.1, 0.15) is 16.8 Å². The highest BCUT2D eigenvalue weighted by molar-refractivity contribution is 5.22. The molecule has 0 aliphatic rings. The van der Waals surface area contributed by atoms with Crippen molar-refractivity contribution in [2.24, 2.45) is 0 Å². The van der Waals surface area contributed by atoms with Gasteiger partial charge in [-0.2, -0.15) is 0 Å². The van der Waals surface area contributed by atoms with E-state index in [1.807, 2.05) is 12.3 Å². The van der Waals surface area contributed by atoms with Crippen molar-refractivity contribution >= 4 is 0 Å². The third-order valence-corrected chi connectivity index (χ3v) is 2.65. The maximum Gasteiger partial charge on any atom is 0.0357 e. The Bertz CT molecular complexity index is 418. The Labute approximate surface area is 96.7 Å². The Morgan fingerprint density at radius 1 is 1.19 bits per heavy atom. The Morgan fingerprint density at radius 3 is 2.88 bits per heavy atom. The molecule has 0 spiro atoms. The van der Waals surface area contributed by atoms with Crippen molar-refractivity contribution in [3.63, 3.8) is 0 Å². The van der Waals surface area contributed by atoms with E-state index in [1.54, 1.807) is 0 Å². The van der Waals surface area contributed by atoms with Crippen LogP contribution in [0.2, 0.25) is 0 Å². The molecule has 2 nitrogen and oxygen atoms in total. The number of nitrogens with one attached hydrogen (secondary N) is 2. The molecule has 0 fully saturated rings. The van der Waals surface area contributed by atoms with Gasteiger partial charge in [0.25, 0.3) is 0 Å². The lowest BCUT2D eigenvalue weighted by molar-refractivity contribution is 0.677. The monoisotopic (exact) mass is 214 g/mol. The Hall–Kier alpha value is -1.54. The summed E-state index contributed by atoms with van der Waals surface area (Å²) in [6, 6.07) is 12.8. The smallest absolute Gasteiger partial charge is 0.0357 e. The van der Waals surface area contributed by atoms with Crippen LogP contribution in [0.5, 0.6) is 0 Å². The van der Waals surface area contributed by atoms with E-state index in [0.717, 1.165) is 19.5 Å². The van der Waals surface area contributed by atoms with E-state index in [-0.39, 0.29) is 0 Å². The van der Waals surface area contributed by atoms with Gasteiger partial charge in [0, 0.05) is 18.4 Å². The number of hydrogen-bond donors (Lipinski definition) is 2. The number of hydrogen-bond acceptors (Lipinski definition) is 1. The number of rotatable bonds is 5. The molecular formula is C14H18N2. The molecule has 1 heterocycles. The lowest BCUT2D eigenvalue weighted by Gasteiger charge is -2.04. The van der Waals surface area contributed by atoms with E-state index >= 15 is 0 Å². The fraction of sp³-hybridized carbons (Fsp3) is 0.286. The molecule has 2 N–H and O–H groups in total. The topological polar surface area (TPSA) is 27.8 Å². The standard InChI is InChI=1S/C14H18N2/c1-12-4-2-5-13(10-12)7-9-15-11-14-6-3-8-16-14/h2-6,8,10,15-16H,7,9,11H2,1H3. The van der Waals surface area contributed by atoms with Gasteiger partial charge in [-0.3, -0.25) is 0 Å². The minimum atomic E-state index is 0.915. The first-order chi connectivity index (χ1) is 7.84. The first kappa shape index (κ1) is 11.0. The van der Waals surface area contributed by atoms with Crippen LogP contribution >= 0.6 is 0 Å². The van der Waals surface area contributed by atoms with Crippen LogP contribution in [-0.2, 0) is 13.0 Å². The number of aromatic amines is 1. The molecule has 1 aromatic heterocycles. The summed E-state index contributed by atoms with van der Waals surface area (Å²) in [7, 11) is 0. The third kappa shape index (κ3) is 3.24. The minimum absolute atomic E-state index is 0.915. The third-order valence-electron chi connectivity index (χ3n) is 2.65. The van der Waals surface area contributed by atoms with E-state index in [9.17, 15) is 0 Å². The van der Waals surface area contributed by atoms with Crippen LogP contribution in [0.4, 0.5) is 0 Å². The molecule has 0 bridgehead atoms. The van der Waals surface area contributed by atoms with Gasteiger partial charge in [0.2, 0.25) is 0 Å². The summed E-state index contributed by atoms with van der Waals surface area (Å²) in [5.74, 6) is 0. The number of aryl methyl sites for hydroxylation is 1. The largest absolute Gasteiger partial charge is 0.364 e. The summed E-state index contributed by atoms with van der Waals surface area (Å²) in [5.41, 5.74) is 3.98. The fourth-order valence-electron chi connectivity index (χ4n) is 1.80.